The number of nitrogens with one attached hydrogen (secondary N) is 1. The van der Waals surface area contributed by atoms with E-state index >= 15 is 0 Å². The van der Waals surface area contributed by atoms with Crippen LogP contribution in [0.4, 0.5) is 4.39 Å². The second-order valence-electron chi connectivity index (χ2n) is 7.98. The highest BCUT2D eigenvalue weighted by Crippen LogP contribution is 2.32. The zero-order chi connectivity index (χ0) is 25.2. The molecule has 0 aliphatic rings. The molecular weight excluding hydrogens is 469 g/mol. The number of hydrogen-bond donors (Lipinski definition) is 1. The number of ether oxygens (including phenoxy) is 1. The summed E-state index contributed by atoms with van der Waals surface area (Å²) in [5.41, 5.74) is 3.93. The van der Waals surface area contributed by atoms with Gasteiger partial charge in [0.05, 0.1) is 5.69 Å². The minimum Gasteiger partial charge on any atom is -0.438 e. The summed E-state index contributed by atoms with van der Waals surface area (Å²) < 4.78 is 46.8. The molecule has 0 saturated heterocycles. The van der Waals surface area contributed by atoms with Crippen LogP contribution in [0.25, 0.3) is 11.3 Å². The monoisotopic (exact) mass is 491 g/mol. The summed E-state index contributed by atoms with van der Waals surface area (Å²) in [6.45, 7) is 5.70. The molecule has 0 saturated carbocycles. The second kappa shape index (κ2) is 9.63. The summed E-state index contributed by atoms with van der Waals surface area (Å²) >= 11 is 0. The van der Waals surface area contributed by atoms with E-state index in [0.29, 0.717) is 11.4 Å². The summed E-state index contributed by atoms with van der Waals surface area (Å²) in [7, 11) is -4.44. The fourth-order valence-corrected chi connectivity index (χ4v) is 4.58. The van der Waals surface area contributed by atoms with Crippen molar-refractivity contribution in [3.63, 3.8) is 0 Å². The summed E-state index contributed by atoms with van der Waals surface area (Å²) in [5.74, 6) is -1.53. The lowest BCUT2D eigenvalue weighted by Crippen LogP contribution is -2.31. The molecule has 35 heavy (non-hydrogen) atoms. The van der Waals surface area contributed by atoms with Gasteiger partial charge in [-0.25, -0.2) is 14.7 Å². The number of hydrogen-bond acceptors (Lipinski definition) is 6. The topological polar surface area (TPSA) is 98.2 Å². The van der Waals surface area contributed by atoms with Gasteiger partial charge >= 0.3 is 0 Å². The molecule has 2 heterocycles. The highest BCUT2D eigenvalue weighted by Gasteiger charge is 2.25. The first-order valence-electron chi connectivity index (χ1n) is 10.7. The third-order valence-electron chi connectivity index (χ3n) is 5.17. The van der Waals surface area contributed by atoms with Gasteiger partial charge in [-0.2, -0.15) is 12.8 Å². The number of pyridine rings is 2. The van der Waals surface area contributed by atoms with E-state index < -0.39 is 26.9 Å². The van der Waals surface area contributed by atoms with Gasteiger partial charge in [0.15, 0.2) is 5.03 Å². The fourth-order valence-electron chi connectivity index (χ4n) is 3.65. The highest BCUT2D eigenvalue weighted by molar-refractivity contribution is 7.90. The van der Waals surface area contributed by atoms with Gasteiger partial charge in [0.2, 0.25) is 11.8 Å². The molecule has 0 spiro atoms. The Bertz CT molecular complexity index is 1500. The quantitative estimate of drug-likeness (QED) is 0.376. The molecule has 7 nitrogen and oxygen atoms in total. The van der Waals surface area contributed by atoms with Crippen molar-refractivity contribution in [2.75, 3.05) is 0 Å². The van der Waals surface area contributed by atoms with E-state index in [1.54, 1.807) is 6.07 Å². The first-order valence-corrected chi connectivity index (χ1v) is 12.1. The molecule has 2 aromatic heterocycles. The molecule has 4 aromatic rings. The van der Waals surface area contributed by atoms with Crippen LogP contribution in [0, 0.1) is 26.7 Å². The first kappa shape index (κ1) is 24.0. The van der Waals surface area contributed by atoms with E-state index in [9.17, 15) is 17.6 Å². The largest absolute Gasteiger partial charge is 0.438 e. The fraction of sp³-hybridized carbons (Fsp3) is 0.115. The van der Waals surface area contributed by atoms with Crippen LogP contribution in [0.2, 0.25) is 0 Å². The van der Waals surface area contributed by atoms with Crippen LogP contribution in [-0.2, 0) is 10.0 Å². The number of benzene rings is 2. The molecule has 9 heteroatoms. The van der Waals surface area contributed by atoms with Crippen molar-refractivity contribution >= 4 is 15.9 Å². The lowest BCUT2D eigenvalue weighted by Gasteiger charge is -2.16. The normalized spacial score (nSPS) is 11.2. The molecule has 1 N–H and O–H groups in total. The smallest absolute Gasteiger partial charge is 0.281 e. The summed E-state index contributed by atoms with van der Waals surface area (Å²) in [6, 6.07) is 19.5. The van der Waals surface area contributed by atoms with Crippen molar-refractivity contribution in [3.05, 3.63) is 101 Å². The molecule has 0 unspecified atom stereocenters. The maximum absolute atomic E-state index is 13.5. The number of halogens is 1. The van der Waals surface area contributed by atoms with Gasteiger partial charge in [-0.15, -0.1) is 0 Å². The maximum Gasteiger partial charge on any atom is 0.281 e. The van der Waals surface area contributed by atoms with Crippen molar-refractivity contribution in [2.45, 2.75) is 25.8 Å². The summed E-state index contributed by atoms with van der Waals surface area (Å²) in [5, 5.41) is -0.618. The molecule has 0 bridgehead atoms. The number of rotatable bonds is 6. The van der Waals surface area contributed by atoms with Crippen molar-refractivity contribution in [1.29, 1.82) is 0 Å². The Kier molecular flexibility index (Phi) is 6.61. The zero-order valence-corrected chi connectivity index (χ0v) is 20.1. The second-order valence-corrected chi connectivity index (χ2v) is 9.61. The number of carbonyl (C=O) groups is 1. The number of aryl methyl sites for hydroxylation is 3. The van der Waals surface area contributed by atoms with Crippen LogP contribution in [0.5, 0.6) is 11.6 Å². The van der Waals surface area contributed by atoms with E-state index in [2.05, 4.69) is 9.97 Å². The van der Waals surface area contributed by atoms with Crippen molar-refractivity contribution < 1.29 is 22.3 Å². The third kappa shape index (κ3) is 5.36. The summed E-state index contributed by atoms with van der Waals surface area (Å²) in [6.07, 6.45) is 0. The Labute approximate surface area is 202 Å². The van der Waals surface area contributed by atoms with Crippen molar-refractivity contribution in [1.82, 2.24) is 14.7 Å². The van der Waals surface area contributed by atoms with Crippen LogP contribution < -0.4 is 9.46 Å². The van der Waals surface area contributed by atoms with Gasteiger partial charge in [-0.05, 0) is 56.2 Å². The van der Waals surface area contributed by atoms with Crippen molar-refractivity contribution in [2.24, 2.45) is 0 Å². The van der Waals surface area contributed by atoms with E-state index in [-0.39, 0.29) is 11.4 Å². The number of aromatic nitrogens is 2. The lowest BCUT2D eigenvalue weighted by atomic mass is 10.1. The van der Waals surface area contributed by atoms with Crippen molar-refractivity contribution in [3.8, 4) is 22.9 Å². The maximum atomic E-state index is 13.5. The number of sulfonamides is 1. The Morgan fingerprint density at radius 2 is 1.57 bits per heavy atom. The number of amides is 1. The minimum atomic E-state index is -4.44. The Morgan fingerprint density at radius 1 is 0.886 bits per heavy atom. The molecule has 4 rings (SSSR count). The van der Waals surface area contributed by atoms with Gasteiger partial charge in [0.25, 0.3) is 15.9 Å². The first-order chi connectivity index (χ1) is 16.6. The van der Waals surface area contributed by atoms with E-state index in [0.717, 1.165) is 34.4 Å². The Morgan fingerprint density at radius 3 is 2.23 bits per heavy atom. The SMILES string of the molecule is Cc1cc(C)c(Oc2nc(-c3ccccc3)ccc2C(=O)NS(=O)(=O)c2cccc(F)n2)c(C)c1. The zero-order valence-electron chi connectivity index (χ0n) is 19.2. The molecule has 0 radical (unpaired) electrons. The van der Waals surface area contributed by atoms with Crippen LogP contribution in [0.3, 0.4) is 0 Å². The van der Waals surface area contributed by atoms with Crippen LogP contribution in [0.1, 0.15) is 27.0 Å². The molecule has 0 atom stereocenters. The number of carbonyl (C=O) groups excluding carboxylic acids is 1. The van der Waals surface area contributed by atoms with Gasteiger partial charge in [-0.3, -0.25) is 4.79 Å². The number of nitrogens with zero attached hydrogens (tertiary/aromatic N) is 2. The third-order valence-corrected chi connectivity index (χ3v) is 6.40. The standard InChI is InChI=1S/C26H22FN3O4S/c1-16-14-17(2)24(18(3)15-16)34-26-20(12-13-21(28-26)19-8-5-4-6-9-19)25(31)30-35(32,33)23-11-7-10-22(27)29-23/h4-15H,1-3H3,(H,30,31). The lowest BCUT2D eigenvalue weighted by molar-refractivity contribution is 0.0978. The van der Waals surface area contributed by atoms with E-state index in [1.165, 1.54) is 12.1 Å². The molecule has 178 valence electrons. The van der Waals surface area contributed by atoms with Gasteiger partial charge < -0.3 is 4.74 Å². The molecule has 2 aromatic carbocycles. The Balaban J connectivity index is 1.76. The average molecular weight is 492 g/mol. The molecular formula is C26H22FN3O4S. The average Bonchev–Trinajstić information content (AvgIpc) is 2.81. The van der Waals surface area contributed by atoms with Gasteiger partial charge in [0, 0.05) is 5.56 Å². The van der Waals surface area contributed by atoms with Crippen LogP contribution in [-0.4, -0.2) is 24.3 Å². The highest BCUT2D eigenvalue weighted by atomic mass is 32.2. The summed E-state index contributed by atoms with van der Waals surface area (Å²) in [4.78, 5) is 20.9. The predicted octanol–water partition coefficient (Wildman–Crippen LogP) is 5.12. The van der Waals surface area contributed by atoms with Gasteiger partial charge in [0.1, 0.15) is 11.3 Å². The molecule has 0 aliphatic carbocycles. The van der Waals surface area contributed by atoms with Gasteiger partial charge in [-0.1, -0.05) is 54.1 Å². The molecule has 0 fully saturated rings. The molecule has 0 aliphatic heterocycles. The molecule has 1 amide bonds. The van der Waals surface area contributed by atoms with E-state index in [1.807, 2.05) is 68.0 Å². The van der Waals surface area contributed by atoms with E-state index in [4.69, 9.17) is 4.74 Å². The minimum absolute atomic E-state index is 0.0682. The van der Waals surface area contributed by atoms with Crippen LogP contribution in [0.15, 0.2) is 77.8 Å². The Hall–Kier alpha value is -4.11. The predicted molar refractivity (Wildman–Crippen MR) is 129 cm³/mol. The van der Waals surface area contributed by atoms with Crippen LogP contribution >= 0.6 is 0 Å².